The number of amides is 2. The molecule has 0 fully saturated rings. The molecule has 0 radical (unpaired) electrons. The molecule has 2 amide bonds. The molecule has 6 N–H and O–H groups in total. The summed E-state index contributed by atoms with van der Waals surface area (Å²) in [6, 6.07) is 11.8. The highest BCUT2D eigenvalue weighted by molar-refractivity contribution is 6.00. The van der Waals surface area contributed by atoms with Crippen molar-refractivity contribution >= 4 is 29.0 Å². The first-order valence-electron chi connectivity index (χ1n) is 12.0. The number of nitrogens with two attached hydrogens (primary N) is 1. The molecule has 12 heteroatoms. The standard InChI is InChI=1S/C27H27F3N8O/c1-17-3-7-21(14-19(17)5-4-18-9-12-38-24(13-18)36-25(32-2)37-38)34-26(39)35-22-8-6-20(16-33-11-10-31)23(15-22)27(28,29)30/h3,6-9,12-15,33H,10-11,16,31H2,1-2H3,(H,32,37)(H2,34,35,39). The lowest BCUT2D eigenvalue weighted by Crippen LogP contribution is -2.24. The summed E-state index contributed by atoms with van der Waals surface area (Å²) >= 11 is 0. The molecule has 0 aliphatic rings. The molecule has 9 nitrogen and oxygen atoms in total. The number of rotatable bonds is 7. The van der Waals surface area contributed by atoms with E-state index in [0.717, 1.165) is 17.2 Å². The second kappa shape index (κ2) is 11.8. The van der Waals surface area contributed by atoms with Gasteiger partial charge in [-0.1, -0.05) is 24.0 Å². The molecule has 2 heterocycles. The van der Waals surface area contributed by atoms with Gasteiger partial charge in [0.15, 0.2) is 5.65 Å². The number of fused-ring (bicyclic) bond motifs is 1. The van der Waals surface area contributed by atoms with Crippen LogP contribution in [0.15, 0.2) is 54.7 Å². The average molecular weight is 537 g/mol. The number of hydrogen-bond donors (Lipinski definition) is 5. The largest absolute Gasteiger partial charge is 0.416 e. The van der Waals surface area contributed by atoms with Gasteiger partial charge in [-0.2, -0.15) is 18.2 Å². The van der Waals surface area contributed by atoms with Gasteiger partial charge in [0.25, 0.3) is 0 Å². The molecule has 0 aliphatic heterocycles. The van der Waals surface area contributed by atoms with Crippen molar-refractivity contribution < 1.29 is 18.0 Å². The maximum Gasteiger partial charge on any atom is 0.416 e. The van der Waals surface area contributed by atoms with Crippen molar-refractivity contribution in [2.24, 2.45) is 5.73 Å². The van der Waals surface area contributed by atoms with Crippen molar-refractivity contribution in [3.05, 3.63) is 82.5 Å². The van der Waals surface area contributed by atoms with Gasteiger partial charge in [0, 0.05) is 55.4 Å². The van der Waals surface area contributed by atoms with Crippen LogP contribution in [0.1, 0.15) is 27.8 Å². The molecule has 0 atom stereocenters. The van der Waals surface area contributed by atoms with Gasteiger partial charge in [-0.3, -0.25) is 0 Å². The number of pyridine rings is 1. The quantitative estimate of drug-likeness (QED) is 0.178. The van der Waals surface area contributed by atoms with Crippen molar-refractivity contribution in [2.75, 3.05) is 36.1 Å². The lowest BCUT2D eigenvalue weighted by atomic mass is 10.1. The average Bonchev–Trinajstić information content (AvgIpc) is 3.32. The molecule has 4 aromatic rings. The van der Waals surface area contributed by atoms with Crippen LogP contribution < -0.4 is 27.0 Å². The summed E-state index contributed by atoms with van der Waals surface area (Å²) in [5.41, 5.74) is 8.02. The fourth-order valence-corrected chi connectivity index (χ4v) is 3.73. The molecule has 0 aliphatic carbocycles. The topological polar surface area (TPSA) is 121 Å². The fraction of sp³-hybridized carbons (Fsp3) is 0.222. The van der Waals surface area contributed by atoms with Crippen LogP contribution in [0, 0.1) is 18.8 Å². The van der Waals surface area contributed by atoms with Gasteiger partial charge in [0.2, 0.25) is 5.95 Å². The van der Waals surface area contributed by atoms with E-state index in [0.29, 0.717) is 35.9 Å². The maximum absolute atomic E-state index is 13.6. The van der Waals surface area contributed by atoms with Gasteiger partial charge in [-0.15, -0.1) is 5.10 Å². The van der Waals surface area contributed by atoms with E-state index in [9.17, 15) is 18.0 Å². The van der Waals surface area contributed by atoms with Crippen LogP contribution in [0.4, 0.5) is 35.3 Å². The zero-order valence-corrected chi connectivity index (χ0v) is 21.3. The number of carbonyl (C=O) groups excluding carboxylic acids is 1. The summed E-state index contributed by atoms with van der Waals surface area (Å²) in [4.78, 5) is 16.9. The summed E-state index contributed by atoms with van der Waals surface area (Å²) < 4.78 is 42.4. The molecule has 2 aromatic carbocycles. The number of halogens is 3. The van der Waals surface area contributed by atoms with Crippen LogP contribution in [-0.4, -0.2) is 40.8 Å². The van der Waals surface area contributed by atoms with Crippen LogP contribution >= 0.6 is 0 Å². The minimum atomic E-state index is -4.58. The predicted octanol–water partition coefficient (Wildman–Crippen LogP) is 4.19. The van der Waals surface area contributed by atoms with E-state index < -0.39 is 17.8 Å². The predicted molar refractivity (Wildman–Crippen MR) is 145 cm³/mol. The molecule has 202 valence electrons. The lowest BCUT2D eigenvalue weighted by molar-refractivity contribution is -0.138. The molecule has 2 aromatic heterocycles. The smallest absolute Gasteiger partial charge is 0.356 e. The van der Waals surface area contributed by atoms with Gasteiger partial charge in [0.05, 0.1) is 5.56 Å². The molecule has 0 bridgehead atoms. The van der Waals surface area contributed by atoms with Crippen LogP contribution in [0.5, 0.6) is 0 Å². The molecule has 0 saturated carbocycles. The Balaban J connectivity index is 1.47. The SMILES string of the molecule is CNc1nc2cc(C#Cc3cc(NC(=O)Nc4ccc(CNCCN)c(C(F)(F)F)c4)ccc3C)ccn2n1. The Bertz CT molecular complexity index is 1550. The molecule has 39 heavy (non-hydrogen) atoms. The first-order valence-corrected chi connectivity index (χ1v) is 12.0. The van der Waals surface area contributed by atoms with E-state index in [1.165, 1.54) is 12.1 Å². The summed E-state index contributed by atoms with van der Waals surface area (Å²) in [7, 11) is 1.73. The molecule has 0 spiro atoms. The lowest BCUT2D eigenvalue weighted by Gasteiger charge is -2.16. The molecule has 0 unspecified atom stereocenters. The van der Waals surface area contributed by atoms with Gasteiger partial charge < -0.3 is 27.0 Å². The third-order valence-corrected chi connectivity index (χ3v) is 5.71. The second-order valence-electron chi connectivity index (χ2n) is 8.60. The zero-order chi connectivity index (χ0) is 28.0. The molecule has 4 rings (SSSR count). The number of urea groups is 1. The highest BCUT2D eigenvalue weighted by Gasteiger charge is 2.33. The number of nitrogens with zero attached hydrogens (tertiary/aromatic N) is 3. The van der Waals surface area contributed by atoms with Gasteiger partial charge in [-0.05, 0) is 54.4 Å². The number of anilines is 3. The maximum atomic E-state index is 13.6. The van der Waals surface area contributed by atoms with E-state index >= 15 is 0 Å². The monoisotopic (exact) mass is 536 g/mol. The van der Waals surface area contributed by atoms with Gasteiger partial charge in [0.1, 0.15) is 0 Å². The van der Waals surface area contributed by atoms with Gasteiger partial charge >= 0.3 is 12.2 Å². The number of nitrogens with one attached hydrogen (secondary N) is 4. The summed E-state index contributed by atoms with van der Waals surface area (Å²) in [5, 5.41) is 15.1. The Kier molecular flexibility index (Phi) is 8.33. The minimum absolute atomic E-state index is 0.00945. The minimum Gasteiger partial charge on any atom is -0.356 e. The number of carbonyl (C=O) groups is 1. The third kappa shape index (κ3) is 7.04. The number of benzene rings is 2. The van der Waals surface area contributed by atoms with Crippen LogP contribution in [0.2, 0.25) is 0 Å². The van der Waals surface area contributed by atoms with Crippen LogP contribution in [0.25, 0.3) is 5.65 Å². The van der Waals surface area contributed by atoms with Gasteiger partial charge in [-0.25, -0.2) is 9.31 Å². The Morgan fingerprint density at radius 3 is 2.51 bits per heavy atom. The number of alkyl halides is 3. The van der Waals surface area contributed by atoms with E-state index in [4.69, 9.17) is 5.73 Å². The number of hydrogen-bond acceptors (Lipinski definition) is 6. The normalized spacial score (nSPS) is 11.1. The van der Waals surface area contributed by atoms with Crippen molar-refractivity contribution in [3.8, 4) is 11.8 Å². The first-order chi connectivity index (χ1) is 18.7. The first kappa shape index (κ1) is 27.4. The molecule has 0 saturated heterocycles. The third-order valence-electron chi connectivity index (χ3n) is 5.71. The Labute approximate surface area is 223 Å². The molecular weight excluding hydrogens is 509 g/mol. The van der Waals surface area contributed by atoms with E-state index in [2.05, 4.69) is 43.2 Å². The van der Waals surface area contributed by atoms with Crippen LogP contribution in [0.3, 0.4) is 0 Å². The Hall–Kier alpha value is -4.60. The highest BCUT2D eigenvalue weighted by Crippen LogP contribution is 2.34. The van der Waals surface area contributed by atoms with Crippen molar-refractivity contribution in [2.45, 2.75) is 19.6 Å². The highest BCUT2D eigenvalue weighted by atomic mass is 19.4. The second-order valence-corrected chi connectivity index (χ2v) is 8.60. The zero-order valence-electron chi connectivity index (χ0n) is 21.3. The van der Waals surface area contributed by atoms with E-state index in [1.807, 2.05) is 13.0 Å². The van der Waals surface area contributed by atoms with Crippen molar-refractivity contribution in [1.29, 1.82) is 0 Å². The number of aryl methyl sites for hydroxylation is 1. The summed E-state index contributed by atoms with van der Waals surface area (Å²) in [6.07, 6.45) is -2.82. The summed E-state index contributed by atoms with van der Waals surface area (Å²) in [6.45, 7) is 2.59. The molecular formula is C27H27F3N8O. The Morgan fingerprint density at radius 2 is 1.79 bits per heavy atom. The summed E-state index contributed by atoms with van der Waals surface area (Å²) in [5.74, 6) is 6.68. The van der Waals surface area contributed by atoms with Crippen molar-refractivity contribution in [1.82, 2.24) is 19.9 Å². The van der Waals surface area contributed by atoms with E-state index in [-0.39, 0.29) is 17.8 Å². The van der Waals surface area contributed by atoms with Crippen molar-refractivity contribution in [3.63, 3.8) is 0 Å². The Morgan fingerprint density at radius 1 is 1.05 bits per heavy atom. The van der Waals surface area contributed by atoms with Crippen LogP contribution in [-0.2, 0) is 12.7 Å². The number of aromatic nitrogens is 3. The fourth-order valence-electron chi connectivity index (χ4n) is 3.73. The van der Waals surface area contributed by atoms with E-state index in [1.54, 1.807) is 42.0 Å².